The monoisotopic (exact) mass is 379 g/mol. The van der Waals surface area contributed by atoms with Crippen molar-refractivity contribution < 1.29 is 19.2 Å². The number of nitro benzene ring substituents is 1. The fraction of sp³-hybridized carbons (Fsp3) is 0.350. The normalized spacial score (nSPS) is 27.9. The number of nitrogens with zero attached hydrogens (tertiary/aromatic N) is 3. The van der Waals surface area contributed by atoms with E-state index in [0.29, 0.717) is 0 Å². The topological polar surface area (TPSA) is 102 Å². The summed E-state index contributed by atoms with van der Waals surface area (Å²) < 4.78 is 5.38. The summed E-state index contributed by atoms with van der Waals surface area (Å²) in [6.45, 7) is -0.0284. The number of carbonyl (C=O) groups excluding carboxylic acids is 2. The SMILES string of the molecule is C#CCOc1ccc([N+](=O)[O-])cc1/C=N/N1C(=O)C2C3C=CC(CC3)C2C1=O. The summed E-state index contributed by atoms with van der Waals surface area (Å²) in [5.74, 6) is 1.37. The Morgan fingerprint density at radius 2 is 1.89 bits per heavy atom. The van der Waals surface area contributed by atoms with Gasteiger partial charge in [0.05, 0.1) is 23.0 Å². The van der Waals surface area contributed by atoms with E-state index in [2.05, 4.69) is 11.0 Å². The minimum absolute atomic E-state index is 0.0284. The minimum atomic E-state index is -0.549. The quantitative estimate of drug-likeness (QED) is 0.195. The molecule has 1 saturated heterocycles. The van der Waals surface area contributed by atoms with E-state index in [9.17, 15) is 19.7 Å². The van der Waals surface area contributed by atoms with Crippen molar-refractivity contribution in [2.24, 2.45) is 28.8 Å². The van der Waals surface area contributed by atoms with Crippen LogP contribution in [0.1, 0.15) is 18.4 Å². The maximum Gasteiger partial charge on any atom is 0.270 e. The standard InChI is InChI=1S/C20H17N3O5/c1-2-9-28-16-8-7-15(23(26)27)10-14(16)11-21-22-19(24)17-12-3-4-13(6-5-12)18(17)20(22)25/h1,3-4,7-8,10-13,17-18H,5-6,9H2/b21-11+. The summed E-state index contributed by atoms with van der Waals surface area (Å²) in [5, 5.41) is 16.0. The molecule has 0 radical (unpaired) electrons. The Morgan fingerprint density at radius 3 is 2.43 bits per heavy atom. The smallest absolute Gasteiger partial charge is 0.270 e. The Balaban J connectivity index is 1.63. The maximum absolute atomic E-state index is 12.8. The van der Waals surface area contributed by atoms with Gasteiger partial charge in [0, 0.05) is 17.7 Å². The number of amides is 2. The Labute approximate surface area is 161 Å². The van der Waals surface area contributed by atoms with Crippen LogP contribution in [-0.2, 0) is 9.59 Å². The highest BCUT2D eigenvalue weighted by Gasteiger charge is 2.56. The number of fused-ring (bicyclic) bond motifs is 1. The molecular formula is C20H17N3O5. The van der Waals surface area contributed by atoms with E-state index in [1.54, 1.807) is 0 Å². The number of carbonyl (C=O) groups is 2. The van der Waals surface area contributed by atoms with Gasteiger partial charge in [0.2, 0.25) is 0 Å². The van der Waals surface area contributed by atoms with Crippen molar-refractivity contribution in [2.45, 2.75) is 12.8 Å². The van der Waals surface area contributed by atoms with Crippen molar-refractivity contribution in [2.75, 3.05) is 6.61 Å². The van der Waals surface area contributed by atoms with Crippen LogP contribution in [0.25, 0.3) is 0 Å². The lowest BCUT2D eigenvalue weighted by Gasteiger charge is -2.37. The summed E-state index contributed by atoms with van der Waals surface area (Å²) in [6.07, 6.45) is 12.3. The molecule has 2 amide bonds. The number of hydrazone groups is 1. The zero-order valence-corrected chi connectivity index (χ0v) is 14.9. The first kappa shape index (κ1) is 17.9. The predicted octanol–water partition coefficient (Wildman–Crippen LogP) is 2.14. The third-order valence-corrected chi connectivity index (χ3v) is 5.56. The molecule has 0 aromatic heterocycles. The number of benzene rings is 1. The lowest BCUT2D eigenvalue weighted by atomic mass is 9.63. The van der Waals surface area contributed by atoms with E-state index in [4.69, 9.17) is 11.2 Å². The van der Waals surface area contributed by atoms with E-state index in [1.807, 2.05) is 12.2 Å². The average Bonchev–Trinajstić information content (AvgIpc) is 2.98. The van der Waals surface area contributed by atoms with E-state index in [0.717, 1.165) is 17.9 Å². The molecule has 1 aromatic carbocycles. The molecule has 142 valence electrons. The van der Waals surface area contributed by atoms with E-state index in [-0.39, 0.29) is 59.1 Å². The zero-order chi connectivity index (χ0) is 19.8. The summed E-state index contributed by atoms with van der Waals surface area (Å²) in [7, 11) is 0. The number of allylic oxidation sites excluding steroid dienone is 2. The number of imide groups is 1. The molecule has 8 heteroatoms. The van der Waals surface area contributed by atoms with Crippen molar-refractivity contribution in [1.82, 2.24) is 5.01 Å². The highest BCUT2D eigenvalue weighted by atomic mass is 16.6. The van der Waals surface area contributed by atoms with Crippen molar-refractivity contribution in [3.63, 3.8) is 0 Å². The summed E-state index contributed by atoms with van der Waals surface area (Å²) >= 11 is 0. The first-order valence-corrected chi connectivity index (χ1v) is 8.96. The lowest BCUT2D eigenvalue weighted by molar-refractivity contribution is -0.384. The molecule has 3 aliphatic carbocycles. The molecule has 4 aliphatic rings. The van der Waals surface area contributed by atoms with Crippen LogP contribution in [0.5, 0.6) is 5.75 Å². The second-order valence-corrected chi connectivity index (χ2v) is 7.05. The number of hydrogen-bond donors (Lipinski definition) is 0. The van der Waals surface area contributed by atoms with Gasteiger partial charge >= 0.3 is 0 Å². The Kier molecular flexibility index (Phi) is 4.43. The number of terminal acetylenes is 1. The molecule has 4 atom stereocenters. The second-order valence-electron chi connectivity index (χ2n) is 7.05. The van der Waals surface area contributed by atoms with Crippen LogP contribution in [0, 0.1) is 46.1 Å². The molecule has 1 aromatic rings. The van der Waals surface area contributed by atoms with Gasteiger partial charge in [-0.25, -0.2) is 0 Å². The van der Waals surface area contributed by atoms with Gasteiger partial charge in [-0.2, -0.15) is 10.1 Å². The molecule has 1 aliphatic heterocycles. The van der Waals surface area contributed by atoms with E-state index >= 15 is 0 Å². The molecule has 4 unspecified atom stereocenters. The Bertz CT molecular complexity index is 929. The molecule has 1 heterocycles. The van der Waals surface area contributed by atoms with Gasteiger partial charge in [0.15, 0.2) is 0 Å². The molecule has 28 heavy (non-hydrogen) atoms. The lowest BCUT2D eigenvalue weighted by Crippen LogP contribution is -2.38. The van der Waals surface area contributed by atoms with Crippen LogP contribution in [0.4, 0.5) is 5.69 Å². The predicted molar refractivity (Wildman–Crippen MR) is 99.2 cm³/mol. The molecule has 1 saturated carbocycles. The van der Waals surface area contributed by atoms with Crippen molar-refractivity contribution >= 4 is 23.7 Å². The van der Waals surface area contributed by atoms with Gasteiger partial charge in [-0.15, -0.1) is 6.42 Å². The fourth-order valence-corrected chi connectivity index (χ4v) is 4.29. The number of hydrogen-bond acceptors (Lipinski definition) is 6. The van der Waals surface area contributed by atoms with E-state index < -0.39 is 4.92 Å². The second kappa shape index (κ2) is 6.93. The average molecular weight is 379 g/mol. The molecule has 0 spiro atoms. The Hall–Kier alpha value is -3.47. The Morgan fingerprint density at radius 1 is 1.25 bits per heavy atom. The van der Waals surface area contributed by atoms with Crippen LogP contribution >= 0.6 is 0 Å². The number of non-ortho nitro benzene ring substituents is 1. The summed E-state index contributed by atoms with van der Waals surface area (Å²) in [6, 6.07) is 3.96. The maximum atomic E-state index is 12.8. The zero-order valence-electron chi connectivity index (χ0n) is 14.9. The number of ether oxygens (including phenoxy) is 1. The van der Waals surface area contributed by atoms with Gasteiger partial charge in [0.1, 0.15) is 12.4 Å². The molecule has 5 rings (SSSR count). The molecular weight excluding hydrogens is 362 g/mol. The van der Waals surface area contributed by atoms with Crippen LogP contribution in [0.2, 0.25) is 0 Å². The van der Waals surface area contributed by atoms with Gasteiger partial charge in [-0.05, 0) is 30.7 Å². The first-order chi connectivity index (χ1) is 13.5. The fourth-order valence-electron chi connectivity index (χ4n) is 4.29. The molecule has 2 bridgehead atoms. The molecule has 8 nitrogen and oxygen atoms in total. The third kappa shape index (κ3) is 2.85. The molecule has 0 N–H and O–H groups in total. The summed E-state index contributed by atoms with van der Waals surface area (Å²) in [5.41, 5.74) is 0.102. The highest BCUT2D eigenvalue weighted by molar-refractivity contribution is 6.06. The minimum Gasteiger partial charge on any atom is -0.480 e. The van der Waals surface area contributed by atoms with Gasteiger partial charge in [-0.1, -0.05) is 18.1 Å². The number of nitro groups is 1. The van der Waals surface area contributed by atoms with Crippen LogP contribution in [0.15, 0.2) is 35.5 Å². The van der Waals surface area contributed by atoms with Crippen molar-refractivity contribution in [3.05, 3.63) is 46.0 Å². The van der Waals surface area contributed by atoms with Crippen LogP contribution < -0.4 is 4.74 Å². The van der Waals surface area contributed by atoms with E-state index in [1.165, 1.54) is 24.4 Å². The largest absolute Gasteiger partial charge is 0.480 e. The number of rotatable bonds is 5. The van der Waals surface area contributed by atoms with Crippen molar-refractivity contribution in [1.29, 1.82) is 0 Å². The van der Waals surface area contributed by atoms with Crippen LogP contribution in [0.3, 0.4) is 0 Å². The van der Waals surface area contributed by atoms with Gasteiger partial charge < -0.3 is 4.74 Å². The first-order valence-electron chi connectivity index (χ1n) is 8.96. The summed E-state index contributed by atoms with van der Waals surface area (Å²) in [4.78, 5) is 36.1. The third-order valence-electron chi connectivity index (χ3n) is 5.56. The highest BCUT2D eigenvalue weighted by Crippen LogP contribution is 2.49. The van der Waals surface area contributed by atoms with Gasteiger partial charge in [-0.3, -0.25) is 19.7 Å². The van der Waals surface area contributed by atoms with Crippen LogP contribution in [-0.4, -0.2) is 34.6 Å². The van der Waals surface area contributed by atoms with Gasteiger partial charge in [0.25, 0.3) is 17.5 Å². The molecule has 2 fully saturated rings. The van der Waals surface area contributed by atoms with Crippen molar-refractivity contribution in [3.8, 4) is 18.1 Å².